The summed E-state index contributed by atoms with van der Waals surface area (Å²) in [5, 5.41) is 7.96. The van der Waals surface area contributed by atoms with Crippen LogP contribution in [0.25, 0.3) is 11.0 Å². The van der Waals surface area contributed by atoms with E-state index in [9.17, 15) is 0 Å². The van der Waals surface area contributed by atoms with Gasteiger partial charge >= 0.3 is 0 Å². The zero-order chi connectivity index (χ0) is 10.8. The van der Waals surface area contributed by atoms with E-state index in [1.165, 1.54) is 0 Å². The summed E-state index contributed by atoms with van der Waals surface area (Å²) in [7, 11) is 0. The molecule has 80 valence electrons. The van der Waals surface area contributed by atoms with Gasteiger partial charge in [0.05, 0.1) is 18.2 Å². The lowest BCUT2D eigenvalue weighted by Crippen LogP contribution is -2.01. The molecule has 0 aliphatic heterocycles. The molecule has 3 rings (SSSR count). The Bertz CT molecular complexity index is 586. The fourth-order valence-electron chi connectivity index (χ4n) is 1.54. The molecule has 3 aromatic heterocycles. The zero-order valence-corrected chi connectivity index (χ0v) is 8.38. The second-order valence-electron chi connectivity index (χ2n) is 3.34. The molecule has 3 heterocycles. The molecule has 0 radical (unpaired) electrons. The van der Waals surface area contributed by atoms with Crippen molar-refractivity contribution < 1.29 is 8.94 Å². The monoisotopic (exact) mass is 215 g/mol. The average Bonchev–Trinajstić information content (AvgIpc) is 2.97. The van der Waals surface area contributed by atoms with E-state index in [2.05, 4.69) is 15.5 Å². The summed E-state index contributed by atoms with van der Waals surface area (Å²) in [6.07, 6.45) is 4.90. The first kappa shape index (κ1) is 8.96. The van der Waals surface area contributed by atoms with E-state index in [0.717, 1.165) is 22.5 Å². The highest BCUT2D eigenvalue weighted by Crippen LogP contribution is 2.21. The molecule has 0 bridgehead atoms. The predicted molar refractivity (Wildman–Crippen MR) is 57.8 cm³/mol. The van der Waals surface area contributed by atoms with Crippen LogP contribution in [-0.2, 0) is 6.54 Å². The van der Waals surface area contributed by atoms with Crippen molar-refractivity contribution in [2.24, 2.45) is 0 Å². The molecule has 0 saturated heterocycles. The molecule has 0 saturated carbocycles. The van der Waals surface area contributed by atoms with Crippen molar-refractivity contribution in [1.82, 2.24) is 10.1 Å². The number of fused-ring (bicyclic) bond motifs is 1. The minimum Gasteiger partial charge on any atom is -0.464 e. The van der Waals surface area contributed by atoms with Gasteiger partial charge in [-0.05, 0) is 12.1 Å². The topological polar surface area (TPSA) is 64.1 Å². The van der Waals surface area contributed by atoms with E-state index in [0.29, 0.717) is 6.54 Å². The van der Waals surface area contributed by atoms with Crippen molar-refractivity contribution >= 4 is 16.8 Å². The average molecular weight is 215 g/mol. The van der Waals surface area contributed by atoms with Crippen LogP contribution < -0.4 is 5.32 Å². The summed E-state index contributed by atoms with van der Waals surface area (Å²) in [5.74, 6) is 0.786. The molecule has 0 unspecified atom stereocenters. The Morgan fingerprint density at radius 3 is 3.06 bits per heavy atom. The molecule has 0 aliphatic carbocycles. The first-order valence-corrected chi connectivity index (χ1v) is 4.89. The molecule has 0 atom stereocenters. The number of furan rings is 1. The smallest absolute Gasteiger partial charge is 0.139 e. The van der Waals surface area contributed by atoms with Gasteiger partial charge in [-0.3, -0.25) is 0 Å². The Hall–Kier alpha value is -2.30. The van der Waals surface area contributed by atoms with Crippen LogP contribution in [0.15, 0.2) is 45.9 Å². The Labute approximate surface area is 91.1 Å². The summed E-state index contributed by atoms with van der Waals surface area (Å²) in [4.78, 5) is 4.25. The largest absolute Gasteiger partial charge is 0.464 e. The molecule has 0 spiro atoms. The van der Waals surface area contributed by atoms with E-state index >= 15 is 0 Å². The highest BCUT2D eigenvalue weighted by molar-refractivity contribution is 5.87. The summed E-state index contributed by atoms with van der Waals surface area (Å²) in [6, 6.07) is 5.52. The van der Waals surface area contributed by atoms with E-state index in [1.54, 1.807) is 18.7 Å². The Balaban J connectivity index is 1.86. The SMILES string of the molecule is c1cc2occc2c(NCc2ccon2)n1. The molecule has 3 aromatic rings. The maximum Gasteiger partial charge on any atom is 0.139 e. The number of pyridine rings is 1. The predicted octanol–water partition coefficient (Wildman–Crippen LogP) is 2.43. The number of nitrogens with zero attached hydrogens (tertiary/aromatic N) is 2. The van der Waals surface area contributed by atoms with Crippen molar-refractivity contribution in [3.63, 3.8) is 0 Å². The molecule has 0 fully saturated rings. The number of aromatic nitrogens is 2. The molecule has 5 heteroatoms. The summed E-state index contributed by atoms with van der Waals surface area (Å²) >= 11 is 0. The molecule has 5 nitrogen and oxygen atoms in total. The van der Waals surface area contributed by atoms with Gasteiger partial charge < -0.3 is 14.3 Å². The van der Waals surface area contributed by atoms with Crippen LogP contribution >= 0.6 is 0 Å². The van der Waals surface area contributed by atoms with Crippen LogP contribution in [0.4, 0.5) is 5.82 Å². The third-order valence-electron chi connectivity index (χ3n) is 2.31. The van der Waals surface area contributed by atoms with Crippen molar-refractivity contribution in [2.45, 2.75) is 6.54 Å². The molecular weight excluding hydrogens is 206 g/mol. The van der Waals surface area contributed by atoms with Crippen LogP contribution in [0, 0.1) is 0 Å². The van der Waals surface area contributed by atoms with Gasteiger partial charge in [0.25, 0.3) is 0 Å². The summed E-state index contributed by atoms with van der Waals surface area (Å²) in [6.45, 7) is 0.577. The van der Waals surface area contributed by atoms with Crippen LogP contribution in [0.5, 0.6) is 0 Å². The Kier molecular flexibility index (Phi) is 2.07. The number of rotatable bonds is 3. The third-order valence-corrected chi connectivity index (χ3v) is 2.31. The molecule has 0 amide bonds. The zero-order valence-electron chi connectivity index (χ0n) is 8.38. The van der Waals surface area contributed by atoms with Gasteiger partial charge in [-0.1, -0.05) is 5.16 Å². The molecular formula is C11H9N3O2. The van der Waals surface area contributed by atoms with Crippen LogP contribution in [0.1, 0.15) is 5.69 Å². The molecule has 16 heavy (non-hydrogen) atoms. The Morgan fingerprint density at radius 1 is 1.19 bits per heavy atom. The standard InChI is InChI=1S/C11H9N3O2/c1-4-12-11(9-3-5-15-10(1)9)13-7-8-2-6-16-14-8/h1-6H,7H2,(H,12,13). The lowest BCUT2D eigenvalue weighted by Gasteiger charge is -2.03. The number of nitrogens with one attached hydrogen (secondary N) is 1. The number of hydrogen-bond acceptors (Lipinski definition) is 5. The second kappa shape index (κ2) is 3.69. The number of hydrogen-bond donors (Lipinski definition) is 1. The summed E-state index contributed by atoms with van der Waals surface area (Å²) in [5.41, 5.74) is 1.65. The lowest BCUT2D eigenvalue weighted by molar-refractivity contribution is 0.412. The highest BCUT2D eigenvalue weighted by atomic mass is 16.5. The first-order chi connectivity index (χ1) is 7.93. The van der Waals surface area contributed by atoms with Gasteiger partial charge in [-0.2, -0.15) is 0 Å². The van der Waals surface area contributed by atoms with Crippen molar-refractivity contribution in [3.8, 4) is 0 Å². The van der Waals surface area contributed by atoms with Gasteiger partial charge in [0.15, 0.2) is 0 Å². The van der Waals surface area contributed by atoms with E-state index in [4.69, 9.17) is 8.94 Å². The summed E-state index contributed by atoms with van der Waals surface area (Å²) < 4.78 is 10.0. The van der Waals surface area contributed by atoms with Gasteiger partial charge in [0.2, 0.25) is 0 Å². The van der Waals surface area contributed by atoms with E-state index in [1.807, 2.05) is 18.2 Å². The molecule has 1 N–H and O–H groups in total. The van der Waals surface area contributed by atoms with Crippen molar-refractivity contribution in [1.29, 1.82) is 0 Å². The maximum absolute atomic E-state index is 5.28. The van der Waals surface area contributed by atoms with Gasteiger partial charge in [0.1, 0.15) is 23.4 Å². The molecule has 0 aliphatic rings. The van der Waals surface area contributed by atoms with Gasteiger partial charge in [-0.15, -0.1) is 0 Å². The maximum atomic E-state index is 5.28. The van der Waals surface area contributed by atoms with Gasteiger partial charge in [-0.25, -0.2) is 4.98 Å². The van der Waals surface area contributed by atoms with Crippen LogP contribution in [-0.4, -0.2) is 10.1 Å². The fraction of sp³-hybridized carbons (Fsp3) is 0.0909. The second-order valence-corrected chi connectivity index (χ2v) is 3.34. The molecule has 0 aromatic carbocycles. The number of anilines is 1. The highest BCUT2D eigenvalue weighted by Gasteiger charge is 2.04. The quantitative estimate of drug-likeness (QED) is 0.726. The van der Waals surface area contributed by atoms with Crippen molar-refractivity contribution in [2.75, 3.05) is 5.32 Å². The fourth-order valence-corrected chi connectivity index (χ4v) is 1.54. The van der Waals surface area contributed by atoms with Crippen molar-refractivity contribution in [3.05, 3.63) is 42.6 Å². The lowest BCUT2D eigenvalue weighted by atomic mass is 10.3. The Morgan fingerprint density at radius 2 is 2.19 bits per heavy atom. The van der Waals surface area contributed by atoms with E-state index < -0.39 is 0 Å². The third kappa shape index (κ3) is 1.52. The van der Waals surface area contributed by atoms with E-state index in [-0.39, 0.29) is 0 Å². The van der Waals surface area contributed by atoms with Gasteiger partial charge in [0, 0.05) is 12.3 Å². The van der Waals surface area contributed by atoms with Crippen LogP contribution in [0.3, 0.4) is 0 Å². The minimum absolute atomic E-state index is 0.577. The minimum atomic E-state index is 0.577. The normalized spacial score (nSPS) is 10.8. The first-order valence-electron chi connectivity index (χ1n) is 4.89. The van der Waals surface area contributed by atoms with Crippen LogP contribution in [0.2, 0.25) is 0 Å².